The lowest BCUT2D eigenvalue weighted by atomic mass is 9.94. The molecule has 0 spiro atoms. The number of benzene rings is 3. The van der Waals surface area contributed by atoms with E-state index >= 15 is 0 Å². The summed E-state index contributed by atoms with van der Waals surface area (Å²) in [7, 11) is 0. The molecule has 0 unspecified atom stereocenters. The van der Waals surface area contributed by atoms with Crippen LogP contribution in [0.3, 0.4) is 0 Å². The van der Waals surface area contributed by atoms with E-state index in [1.165, 1.54) is 0 Å². The van der Waals surface area contributed by atoms with Gasteiger partial charge in [0.25, 0.3) is 0 Å². The van der Waals surface area contributed by atoms with Crippen LogP contribution in [0.4, 0.5) is 0 Å². The lowest BCUT2D eigenvalue weighted by Crippen LogP contribution is -2.09. The van der Waals surface area contributed by atoms with E-state index in [1.54, 1.807) is 6.92 Å². The van der Waals surface area contributed by atoms with Crippen molar-refractivity contribution in [3.05, 3.63) is 91.0 Å². The van der Waals surface area contributed by atoms with Gasteiger partial charge in [0.15, 0.2) is 0 Å². The summed E-state index contributed by atoms with van der Waals surface area (Å²) in [5, 5.41) is 0. The summed E-state index contributed by atoms with van der Waals surface area (Å²) in [4.78, 5) is 12.0. The molecule has 2 nitrogen and oxygen atoms in total. The molecule has 0 radical (unpaired) electrons. The summed E-state index contributed by atoms with van der Waals surface area (Å²) in [6, 6.07) is 25.8. The smallest absolute Gasteiger partial charge is 0.338 e. The van der Waals surface area contributed by atoms with Crippen molar-refractivity contribution in [3.63, 3.8) is 0 Å². The minimum atomic E-state index is -0.419. The molecule has 0 aromatic heterocycles. The summed E-state index contributed by atoms with van der Waals surface area (Å²) < 4.78 is 5.59. The number of carbonyl (C=O) groups excluding carboxylic acids is 1. The summed E-state index contributed by atoms with van der Waals surface area (Å²) in [6.45, 7) is 5.30. The Labute approximate surface area is 142 Å². The molecule has 0 aliphatic rings. The van der Waals surface area contributed by atoms with Gasteiger partial charge >= 0.3 is 5.97 Å². The molecule has 24 heavy (non-hydrogen) atoms. The van der Waals surface area contributed by atoms with Crippen molar-refractivity contribution in [2.24, 2.45) is 0 Å². The zero-order valence-corrected chi connectivity index (χ0v) is 13.5. The standard InChI is InChI=1S/C22H18O2/c1-16(2)22(23)24-20-15-9-14-19(17-10-5-3-6-11-17)21(20)18-12-7-4-8-13-18/h3-15H,1H2,2H3. The molecule has 3 aromatic rings. The first-order chi connectivity index (χ1) is 11.7. The highest BCUT2D eigenvalue weighted by atomic mass is 16.5. The molecule has 0 amide bonds. The van der Waals surface area contributed by atoms with E-state index in [0.29, 0.717) is 11.3 Å². The first-order valence-corrected chi connectivity index (χ1v) is 7.78. The normalized spacial score (nSPS) is 10.2. The first-order valence-electron chi connectivity index (χ1n) is 7.78. The highest BCUT2D eigenvalue weighted by molar-refractivity contribution is 5.93. The van der Waals surface area contributed by atoms with Crippen molar-refractivity contribution in [3.8, 4) is 28.0 Å². The molecule has 0 saturated carbocycles. The Hall–Kier alpha value is -3.13. The van der Waals surface area contributed by atoms with Gasteiger partial charge in [0.05, 0.1) is 0 Å². The second kappa shape index (κ2) is 6.97. The summed E-state index contributed by atoms with van der Waals surface area (Å²) in [5.41, 5.74) is 4.37. The van der Waals surface area contributed by atoms with Crippen molar-refractivity contribution >= 4 is 5.97 Å². The van der Waals surface area contributed by atoms with Crippen LogP contribution in [0.1, 0.15) is 6.92 Å². The summed E-state index contributed by atoms with van der Waals surface area (Å²) in [5.74, 6) is 0.118. The fourth-order valence-electron chi connectivity index (χ4n) is 2.56. The van der Waals surface area contributed by atoms with Gasteiger partial charge in [-0.05, 0) is 29.7 Å². The quantitative estimate of drug-likeness (QED) is 0.361. The number of ether oxygens (including phenoxy) is 1. The Morgan fingerprint density at radius 1 is 0.792 bits per heavy atom. The molecule has 2 heteroatoms. The van der Waals surface area contributed by atoms with Crippen LogP contribution in [-0.4, -0.2) is 5.97 Å². The summed E-state index contributed by atoms with van der Waals surface area (Å²) in [6.07, 6.45) is 0. The number of hydrogen-bond donors (Lipinski definition) is 0. The van der Waals surface area contributed by atoms with Crippen LogP contribution in [0.5, 0.6) is 5.75 Å². The molecule has 0 bridgehead atoms. The third kappa shape index (κ3) is 3.28. The van der Waals surface area contributed by atoms with Gasteiger partial charge in [-0.3, -0.25) is 0 Å². The van der Waals surface area contributed by atoms with E-state index in [4.69, 9.17) is 4.74 Å². The molecule has 0 aliphatic carbocycles. The van der Waals surface area contributed by atoms with E-state index in [9.17, 15) is 4.79 Å². The van der Waals surface area contributed by atoms with E-state index in [2.05, 4.69) is 6.58 Å². The molecule has 0 saturated heterocycles. The van der Waals surface area contributed by atoms with Gasteiger partial charge in [-0.15, -0.1) is 0 Å². The van der Waals surface area contributed by atoms with E-state index in [-0.39, 0.29) is 0 Å². The van der Waals surface area contributed by atoms with Crippen LogP contribution < -0.4 is 4.74 Å². The monoisotopic (exact) mass is 314 g/mol. The number of hydrogen-bond acceptors (Lipinski definition) is 2. The molecule has 0 atom stereocenters. The maximum atomic E-state index is 12.0. The average Bonchev–Trinajstić information content (AvgIpc) is 2.63. The predicted molar refractivity (Wildman–Crippen MR) is 97.8 cm³/mol. The van der Waals surface area contributed by atoms with Gasteiger partial charge in [0.2, 0.25) is 0 Å². The van der Waals surface area contributed by atoms with Gasteiger partial charge in [-0.1, -0.05) is 79.4 Å². The van der Waals surface area contributed by atoms with Gasteiger partial charge < -0.3 is 4.74 Å². The van der Waals surface area contributed by atoms with Crippen LogP contribution in [0.25, 0.3) is 22.3 Å². The summed E-state index contributed by atoms with van der Waals surface area (Å²) >= 11 is 0. The fourth-order valence-corrected chi connectivity index (χ4v) is 2.56. The maximum Gasteiger partial charge on any atom is 0.338 e. The van der Waals surface area contributed by atoms with Crippen molar-refractivity contribution < 1.29 is 9.53 Å². The van der Waals surface area contributed by atoms with Crippen LogP contribution in [0.15, 0.2) is 91.0 Å². The van der Waals surface area contributed by atoms with E-state index in [1.807, 2.05) is 78.9 Å². The largest absolute Gasteiger partial charge is 0.423 e. The van der Waals surface area contributed by atoms with Crippen molar-refractivity contribution in [1.82, 2.24) is 0 Å². The number of carbonyl (C=O) groups is 1. The minimum Gasteiger partial charge on any atom is -0.423 e. The van der Waals surface area contributed by atoms with E-state index in [0.717, 1.165) is 22.3 Å². The van der Waals surface area contributed by atoms with Crippen molar-refractivity contribution in [2.75, 3.05) is 0 Å². The van der Waals surface area contributed by atoms with Gasteiger partial charge in [-0.25, -0.2) is 4.79 Å². The lowest BCUT2D eigenvalue weighted by Gasteiger charge is -2.15. The molecule has 118 valence electrons. The second-order valence-corrected chi connectivity index (χ2v) is 5.58. The zero-order valence-electron chi connectivity index (χ0n) is 13.5. The zero-order chi connectivity index (χ0) is 16.9. The Balaban J connectivity index is 2.20. The highest BCUT2D eigenvalue weighted by Gasteiger charge is 2.16. The van der Waals surface area contributed by atoms with Gasteiger partial charge in [0, 0.05) is 11.1 Å². The fraction of sp³-hybridized carbons (Fsp3) is 0.0455. The average molecular weight is 314 g/mol. The Morgan fingerprint density at radius 2 is 1.38 bits per heavy atom. The van der Waals surface area contributed by atoms with Crippen molar-refractivity contribution in [2.45, 2.75) is 6.92 Å². The third-order valence-electron chi connectivity index (χ3n) is 3.72. The Morgan fingerprint density at radius 3 is 1.96 bits per heavy atom. The molecule has 3 aromatic carbocycles. The Kier molecular flexibility index (Phi) is 4.57. The Bertz CT molecular complexity index is 865. The van der Waals surface area contributed by atoms with E-state index < -0.39 is 5.97 Å². The van der Waals surface area contributed by atoms with Crippen LogP contribution >= 0.6 is 0 Å². The molecule has 0 heterocycles. The molecule has 3 rings (SSSR count). The SMILES string of the molecule is C=C(C)C(=O)Oc1cccc(-c2ccccc2)c1-c1ccccc1. The number of rotatable bonds is 4. The molecule has 0 N–H and O–H groups in total. The third-order valence-corrected chi connectivity index (χ3v) is 3.72. The first kappa shape index (κ1) is 15.8. The molecular formula is C22H18O2. The van der Waals surface area contributed by atoms with Gasteiger partial charge in [0.1, 0.15) is 5.75 Å². The second-order valence-electron chi connectivity index (χ2n) is 5.58. The molecule has 0 aliphatic heterocycles. The predicted octanol–water partition coefficient (Wildman–Crippen LogP) is 5.50. The lowest BCUT2D eigenvalue weighted by molar-refractivity contribution is -0.130. The van der Waals surface area contributed by atoms with Crippen molar-refractivity contribution in [1.29, 1.82) is 0 Å². The highest BCUT2D eigenvalue weighted by Crippen LogP contribution is 2.39. The molecular weight excluding hydrogens is 296 g/mol. The maximum absolute atomic E-state index is 12.0. The minimum absolute atomic E-state index is 0.374. The van der Waals surface area contributed by atoms with Crippen LogP contribution in [-0.2, 0) is 4.79 Å². The van der Waals surface area contributed by atoms with Crippen LogP contribution in [0.2, 0.25) is 0 Å². The molecule has 0 fully saturated rings. The topological polar surface area (TPSA) is 26.3 Å². The van der Waals surface area contributed by atoms with Crippen LogP contribution in [0, 0.1) is 0 Å². The number of esters is 1. The van der Waals surface area contributed by atoms with Gasteiger partial charge in [-0.2, -0.15) is 0 Å².